The van der Waals surface area contributed by atoms with E-state index in [9.17, 15) is 4.79 Å². The molecular weight excluding hydrogens is 236 g/mol. The first-order valence-electron chi connectivity index (χ1n) is 6.22. The van der Waals surface area contributed by atoms with Gasteiger partial charge < -0.3 is 4.98 Å². The number of aromatic nitrogens is 2. The molecule has 1 heterocycles. The number of fused-ring (bicyclic) bond motifs is 1. The summed E-state index contributed by atoms with van der Waals surface area (Å²) in [5.41, 5.74) is 3.85. The Labute approximate surface area is 111 Å². The smallest absolute Gasteiger partial charge is 0.259 e. The molecule has 0 radical (unpaired) electrons. The van der Waals surface area contributed by atoms with E-state index in [1.807, 2.05) is 44.2 Å². The quantitative estimate of drug-likeness (QED) is 0.720. The van der Waals surface area contributed by atoms with Crippen LogP contribution in [0.4, 0.5) is 0 Å². The van der Waals surface area contributed by atoms with Crippen molar-refractivity contribution in [2.24, 2.45) is 0 Å². The van der Waals surface area contributed by atoms with Crippen LogP contribution in [-0.4, -0.2) is 9.97 Å². The number of para-hydroxylation sites is 1. The van der Waals surface area contributed by atoms with Gasteiger partial charge in [0.15, 0.2) is 0 Å². The van der Waals surface area contributed by atoms with Gasteiger partial charge >= 0.3 is 0 Å². The predicted octanol–water partition coefficient (Wildman–Crippen LogP) is 3.21. The molecule has 0 aliphatic carbocycles. The number of nitrogens with one attached hydrogen (secondary N) is 1. The van der Waals surface area contributed by atoms with E-state index in [0.29, 0.717) is 11.2 Å². The van der Waals surface area contributed by atoms with Crippen molar-refractivity contribution in [2.75, 3.05) is 0 Å². The fraction of sp³-hybridized carbons (Fsp3) is 0.125. The molecule has 0 spiro atoms. The van der Waals surface area contributed by atoms with E-state index in [2.05, 4.69) is 16.0 Å². The average Bonchev–Trinajstić information content (AvgIpc) is 2.41. The van der Waals surface area contributed by atoms with E-state index in [0.717, 1.165) is 22.2 Å². The van der Waals surface area contributed by atoms with Crippen molar-refractivity contribution in [1.29, 1.82) is 0 Å². The Hall–Kier alpha value is -2.42. The zero-order valence-electron chi connectivity index (χ0n) is 10.9. The highest BCUT2D eigenvalue weighted by Gasteiger charge is 2.07. The first-order chi connectivity index (χ1) is 9.15. The van der Waals surface area contributed by atoms with E-state index in [4.69, 9.17) is 0 Å². The number of hydrogen-bond donors (Lipinski definition) is 1. The van der Waals surface area contributed by atoms with Crippen molar-refractivity contribution in [2.45, 2.75) is 13.8 Å². The van der Waals surface area contributed by atoms with E-state index in [1.54, 1.807) is 6.07 Å². The molecule has 94 valence electrons. The second kappa shape index (κ2) is 4.35. The van der Waals surface area contributed by atoms with Crippen molar-refractivity contribution >= 4 is 10.9 Å². The van der Waals surface area contributed by atoms with Gasteiger partial charge in [0.2, 0.25) is 0 Å². The van der Waals surface area contributed by atoms with Gasteiger partial charge in [-0.25, -0.2) is 4.98 Å². The summed E-state index contributed by atoms with van der Waals surface area (Å²) in [4.78, 5) is 19.5. The van der Waals surface area contributed by atoms with Gasteiger partial charge in [0.05, 0.1) is 10.9 Å². The van der Waals surface area contributed by atoms with Gasteiger partial charge in [0.25, 0.3) is 5.56 Å². The number of rotatable bonds is 1. The second-order valence-electron chi connectivity index (χ2n) is 4.75. The lowest BCUT2D eigenvalue weighted by Gasteiger charge is -2.07. The molecular formula is C16H14N2O. The number of aromatic amines is 1. The standard InChI is InChI=1S/C16H14N2O/c1-10-7-8-11(2)13(9-10)15-17-14-6-4-3-5-12(14)16(19)18-15/h3-9H,1-2H3,(H,17,18,19). The summed E-state index contributed by atoms with van der Waals surface area (Å²) in [5, 5.41) is 0.622. The lowest BCUT2D eigenvalue weighted by Crippen LogP contribution is -2.09. The first kappa shape index (κ1) is 11.7. The number of nitrogens with zero attached hydrogens (tertiary/aromatic N) is 1. The third kappa shape index (κ3) is 2.03. The molecule has 3 rings (SSSR count). The number of aryl methyl sites for hydroxylation is 2. The summed E-state index contributed by atoms with van der Waals surface area (Å²) >= 11 is 0. The van der Waals surface area contributed by atoms with Crippen LogP contribution >= 0.6 is 0 Å². The molecule has 3 nitrogen and oxygen atoms in total. The Bertz CT molecular complexity index is 818. The third-order valence-electron chi connectivity index (χ3n) is 3.26. The monoisotopic (exact) mass is 250 g/mol. The van der Waals surface area contributed by atoms with Crippen LogP contribution in [0.3, 0.4) is 0 Å². The van der Waals surface area contributed by atoms with Gasteiger partial charge in [-0.3, -0.25) is 4.79 Å². The molecule has 0 fully saturated rings. The fourth-order valence-electron chi connectivity index (χ4n) is 2.20. The van der Waals surface area contributed by atoms with Crippen LogP contribution in [0.2, 0.25) is 0 Å². The Morgan fingerprint density at radius 2 is 1.84 bits per heavy atom. The minimum atomic E-state index is -0.0958. The highest BCUT2D eigenvalue weighted by Crippen LogP contribution is 2.21. The molecule has 1 aromatic heterocycles. The molecule has 1 N–H and O–H groups in total. The highest BCUT2D eigenvalue weighted by atomic mass is 16.1. The first-order valence-corrected chi connectivity index (χ1v) is 6.22. The van der Waals surface area contributed by atoms with Crippen LogP contribution < -0.4 is 5.56 Å². The molecule has 0 amide bonds. The molecule has 3 aromatic rings. The Morgan fingerprint density at radius 3 is 2.68 bits per heavy atom. The minimum Gasteiger partial charge on any atom is -0.306 e. The molecule has 0 unspecified atom stereocenters. The number of benzene rings is 2. The van der Waals surface area contributed by atoms with Gasteiger partial charge in [-0.1, -0.05) is 29.8 Å². The lowest BCUT2D eigenvalue weighted by atomic mass is 10.0. The van der Waals surface area contributed by atoms with Gasteiger partial charge in [-0.2, -0.15) is 0 Å². The summed E-state index contributed by atoms with van der Waals surface area (Å²) in [6, 6.07) is 13.5. The molecule has 0 saturated carbocycles. The lowest BCUT2D eigenvalue weighted by molar-refractivity contribution is 1.17. The Morgan fingerprint density at radius 1 is 1.05 bits per heavy atom. The third-order valence-corrected chi connectivity index (χ3v) is 3.26. The van der Waals surface area contributed by atoms with Crippen molar-refractivity contribution in [1.82, 2.24) is 9.97 Å². The number of H-pyrrole nitrogens is 1. The van der Waals surface area contributed by atoms with Crippen molar-refractivity contribution in [3.63, 3.8) is 0 Å². The van der Waals surface area contributed by atoms with Crippen molar-refractivity contribution < 1.29 is 0 Å². The topological polar surface area (TPSA) is 45.8 Å². The maximum Gasteiger partial charge on any atom is 0.259 e. The maximum atomic E-state index is 12.1. The van der Waals surface area contributed by atoms with Gasteiger partial charge in [0, 0.05) is 5.56 Å². The summed E-state index contributed by atoms with van der Waals surface area (Å²) < 4.78 is 0. The molecule has 0 saturated heterocycles. The molecule has 0 aliphatic heterocycles. The Balaban J connectivity index is 2.31. The van der Waals surface area contributed by atoms with Crippen molar-refractivity contribution in [3.8, 4) is 11.4 Å². The minimum absolute atomic E-state index is 0.0958. The molecule has 3 heteroatoms. The van der Waals surface area contributed by atoms with Gasteiger partial charge in [-0.15, -0.1) is 0 Å². The molecule has 2 aromatic carbocycles. The van der Waals surface area contributed by atoms with Crippen LogP contribution in [0, 0.1) is 13.8 Å². The Kier molecular flexibility index (Phi) is 2.67. The fourth-order valence-corrected chi connectivity index (χ4v) is 2.20. The molecule has 19 heavy (non-hydrogen) atoms. The zero-order chi connectivity index (χ0) is 13.4. The summed E-state index contributed by atoms with van der Waals surface area (Å²) in [7, 11) is 0. The molecule has 0 atom stereocenters. The van der Waals surface area contributed by atoms with Crippen LogP contribution in [0.1, 0.15) is 11.1 Å². The normalized spacial score (nSPS) is 10.8. The van der Waals surface area contributed by atoms with E-state index in [-0.39, 0.29) is 5.56 Å². The zero-order valence-corrected chi connectivity index (χ0v) is 10.9. The van der Waals surface area contributed by atoms with Crippen molar-refractivity contribution in [3.05, 3.63) is 63.9 Å². The van der Waals surface area contributed by atoms with E-state index < -0.39 is 0 Å². The number of hydrogen-bond acceptors (Lipinski definition) is 2. The predicted molar refractivity (Wildman–Crippen MR) is 77.3 cm³/mol. The van der Waals surface area contributed by atoms with Gasteiger partial charge in [-0.05, 0) is 37.6 Å². The second-order valence-corrected chi connectivity index (χ2v) is 4.75. The van der Waals surface area contributed by atoms with E-state index in [1.165, 1.54) is 0 Å². The summed E-state index contributed by atoms with van der Waals surface area (Å²) in [6.07, 6.45) is 0. The van der Waals surface area contributed by atoms with Crippen LogP contribution in [-0.2, 0) is 0 Å². The van der Waals surface area contributed by atoms with Crippen LogP contribution in [0.15, 0.2) is 47.3 Å². The van der Waals surface area contributed by atoms with Gasteiger partial charge in [0.1, 0.15) is 5.82 Å². The van der Waals surface area contributed by atoms with Crippen LogP contribution in [0.25, 0.3) is 22.3 Å². The largest absolute Gasteiger partial charge is 0.306 e. The SMILES string of the molecule is Cc1ccc(C)c(-c2nc3ccccc3c(=O)[nH]2)c1. The van der Waals surface area contributed by atoms with Crippen LogP contribution in [0.5, 0.6) is 0 Å². The molecule has 0 bridgehead atoms. The summed E-state index contributed by atoms with van der Waals surface area (Å²) in [6.45, 7) is 4.05. The average molecular weight is 250 g/mol. The maximum absolute atomic E-state index is 12.1. The highest BCUT2D eigenvalue weighted by molar-refractivity contribution is 5.79. The summed E-state index contributed by atoms with van der Waals surface area (Å²) in [5.74, 6) is 0.630. The molecule has 0 aliphatic rings. The van der Waals surface area contributed by atoms with E-state index >= 15 is 0 Å².